The van der Waals surface area contributed by atoms with E-state index in [0.29, 0.717) is 0 Å². The normalized spacial score (nSPS) is 21.9. The van der Waals surface area contributed by atoms with E-state index in [1.165, 1.54) is 35.1 Å². The summed E-state index contributed by atoms with van der Waals surface area (Å²) in [4.78, 5) is 0. The van der Waals surface area contributed by atoms with Crippen LogP contribution < -0.4 is 5.73 Å². The monoisotopic (exact) mass is 247 g/mol. The van der Waals surface area contributed by atoms with E-state index in [-0.39, 0.29) is 12.1 Å². The van der Waals surface area contributed by atoms with Crippen LogP contribution in [0.25, 0.3) is 0 Å². The molecule has 2 rings (SSSR count). The molecular weight excluding hydrogens is 222 g/mol. The maximum atomic E-state index is 6.33. The molecule has 0 saturated carbocycles. The molecule has 0 bridgehead atoms. The lowest BCUT2D eigenvalue weighted by Gasteiger charge is -2.28. The third kappa shape index (κ3) is 3.12. The van der Waals surface area contributed by atoms with Gasteiger partial charge < -0.3 is 10.5 Å². The molecule has 0 amide bonds. The number of ether oxygens (including phenoxy) is 1. The predicted octanol–water partition coefficient (Wildman–Crippen LogP) is 3.05. The van der Waals surface area contributed by atoms with Crippen molar-refractivity contribution in [3.05, 3.63) is 34.4 Å². The van der Waals surface area contributed by atoms with Crippen LogP contribution in [0.3, 0.4) is 0 Å². The van der Waals surface area contributed by atoms with Gasteiger partial charge in [-0.3, -0.25) is 0 Å². The summed E-state index contributed by atoms with van der Waals surface area (Å²) in [5.74, 6) is 0. The van der Waals surface area contributed by atoms with Gasteiger partial charge in [0.1, 0.15) is 0 Å². The number of aryl methyl sites for hydroxylation is 3. The smallest absolute Gasteiger partial charge is 0.0729 e. The molecule has 0 aromatic heterocycles. The summed E-state index contributed by atoms with van der Waals surface area (Å²) in [5, 5.41) is 0. The minimum atomic E-state index is 0.130. The Morgan fingerprint density at radius 3 is 2.44 bits per heavy atom. The predicted molar refractivity (Wildman–Crippen MR) is 75.9 cm³/mol. The lowest BCUT2D eigenvalue weighted by atomic mass is 9.91. The first-order valence-electron chi connectivity index (χ1n) is 7.02. The van der Waals surface area contributed by atoms with E-state index < -0.39 is 0 Å². The zero-order valence-corrected chi connectivity index (χ0v) is 11.8. The van der Waals surface area contributed by atoms with Gasteiger partial charge in [0.05, 0.1) is 6.10 Å². The van der Waals surface area contributed by atoms with E-state index in [9.17, 15) is 0 Å². The first kappa shape index (κ1) is 13.6. The highest BCUT2D eigenvalue weighted by Gasteiger charge is 2.22. The highest BCUT2D eigenvalue weighted by molar-refractivity contribution is 5.38. The topological polar surface area (TPSA) is 35.2 Å². The van der Waals surface area contributed by atoms with E-state index >= 15 is 0 Å². The Morgan fingerprint density at radius 2 is 1.89 bits per heavy atom. The van der Waals surface area contributed by atoms with Crippen LogP contribution in [0.2, 0.25) is 0 Å². The molecule has 1 aromatic rings. The highest BCUT2D eigenvalue weighted by atomic mass is 16.5. The SMILES string of the molecule is Cc1cc(C)c(CC(N)C2CCCCO2)c(C)c1. The van der Waals surface area contributed by atoms with E-state index in [2.05, 4.69) is 32.9 Å². The molecule has 0 radical (unpaired) electrons. The van der Waals surface area contributed by atoms with Gasteiger partial charge in [0, 0.05) is 12.6 Å². The van der Waals surface area contributed by atoms with Gasteiger partial charge in [-0.15, -0.1) is 0 Å². The molecule has 1 saturated heterocycles. The fraction of sp³-hybridized carbons (Fsp3) is 0.625. The zero-order valence-electron chi connectivity index (χ0n) is 11.8. The summed E-state index contributed by atoms with van der Waals surface area (Å²) in [6, 6.07) is 4.62. The van der Waals surface area contributed by atoms with E-state index in [1.807, 2.05) is 0 Å². The zero-order chi connectivity index (χ0) is 13.1. The Balaban J connectivity index is 2.08. The Bertz CT molecular complexity index is 385. The maximum absolute atomic E-state index is 6.33. The Hall–Kier alpha value is -0.860. The van der Waals surface area contributed by atoms with Gasteiger partial charge in [0.25, 0.3) is 0 Å². The van der Waals surface area contributed by atoms with Crippen LogP contribution in [0, 0.1) is 20.8 Å². The molecular formula is C16H25NO. The van der Waals surface area contributed by atoms with Gasteiger partial charge in [-0.25, -0.2) is 0 Å². The highest BCUT2D eigenvalue weighted by Crippen LogP contribution is 2.22. The van der Waals surface area contributed by atoms with Crippen molar-refractivity contribution in [1.29, 1.82) is 0 Å². The molecule has 2 heteroatoms. The Kier molecular flexibility index (Phi) is 4.41. The molecule has 2 unspecified atom stereocenters. The molecule has 100 valence electrons. The van der Waals surface area contributed by atoms with Crippen LogP contribution in [0.5, 0.6) is 0 Å². The fourth-order valence-electron chi connectivity index (χ4n) is 3.00. The average molecular weight is 247 g/mol. The molecule has 1 fully saturated rings. The Labute approximate surface area is 111 Å². The van der Waals surface area contributed by atoms with Crippen LogP contribution in [0.4, 0.5) is 0 Å². The second kappa shape index (κ2) is 5.85. The van der Waals surface area contributed by atoms with Crippen molar-refractivity contribution < 1.29 is 4.74 Å². The van der Waals surface area contributed by atoms with Crippen LogP contribution in [0.1, 0.15) is 41.5 Å². The molecule has 2 N–H and O–H groups in total. The van der Waals surface area contributed by atoms with Gasteiger partial charge in [-0.1, -0.05) is 17.7 Å². The molecule has 2 atom stereocenters. The van der Waals surface area contributed by atoms with E-state index in [0.717, 1.165) is 19.4 Å². The molecule has 2 nitrogen and oxygen atoms in total. The summed E-state index contributed by atoms with van der Waals surface area (Å²) in [6.07, 6.45) is 4.74. The Morgan fingerprint density at radius 1 is 1.22 bits per heavy atom. The number of hydrogen-bond acceptors (Lipinski definition) is 2. The average Bonchev–Trinajstić information content (AvgIpc) is 2.34. The first-order chi connectivity index (χ1) is 8.58. The summed E-state index contributed by atoms with van der Waals surface area (Å²) < 4.78 is 5.79. The standard InChI is InChI=1S/C16H25NO/c1-11-8-12(2)14(13(3)9-11)10-15(17)16-6-4-5-7-18-16/h8-9,15-16H,4-7,10,17H2,1-3H3. The molecule has 0 aliphatic carbocycles. The molecule has 1 aliphatic heterocycles. The summed E-state index contributed by atoms with van der Waals surface area (Å²) in [7, 11) is 0. The van der Waals surface area contributed by atoms with Crippen LogP contribution in [-0.2, 0) is 11.2 Å². The van der Waals surface area contributed by atoms with Crippen molar-refractivity contribution in [3.8, 4) is 0 Å². The third-order valence-electron chi connectivity index (χ3n) is 3.97. The number of rotatable bonds is 3. The number of nitrogens with two attached hydrogens (primary N) is 1. The third-order valence-corrected chi connectivity index (χ3v) is 3.97. The van der Waals surface area contributed by atoms with E-state index in [4.69, 9.17) is 10.5 Å². The minimum Gasteiger partial charge on any atom is -0.377 e. The largest absolute Gasteiger partial charge is 0.377 e. The molecule has 1 aliphatic rings. The van der Waals surface area contributed by atoms with Crippen LogP contribution >= 0.6 is 0 Å². The van der Waals surface area contributed by atoms with E-state index in [1.54, 1.807) is 0 Å². The fourth-order valence-corrected chi connectivity index (χ4v) is 3.00. The van der Waals surface area contributed by atoms with Crippen molar-refractivity contribution in [3.63, 3.8) is 0 Å². The second-order valence-corrected chi connectivity index (χ2v) is 5.65. The maximum Gasteiger partial charge on any atom is 0.0729 e. The number of hydrogen-bond donors (Lipinski definition) is 1. The van der Waals surface area contributed by atoms with Crippen molar-refractivity contribution in [2.24, 2.45) is 5.73 Å². The molecule has 1 aromatic carbocycles. The lowest BCUT2D eigenvalue weighted by Crippen LogP contribution is -2.40. The lowest BCUT2D eigenvalue weighted by molar-refractivity contribution is 0.000592. The van der Waals surface area contributed by atoms with Gasteiger partial charge in [0.2, 0.25) is 0 Å². The van der Waals surface area contributed by atoms with Crippen molar-refractivity contribution >= 4 is 0 Å². The van der Waals surface area contributed by atoms with Gasteiger partial charge in [-0.05, 0) is 63.1 Å². The molecule has 18 heavy (non-hydrogen) atoms. The van der Waals surface area contributed by atoms with Crippen molar-refractivity contribution in [2.45, 2.75) is 58.6 Å². The quantitative estimate of drug-likeness (QED) is 0.891. The van der Waals surface area contributed by atoms with Gasteiger partial charge in [-0.2, -0.15) is 0 Å². The summed E-state index contributed by atoms with van der Waals surface area (Å²) in [5.41, 5.74) is 11.8. The van der Waals surface area contributed by atoms with Crippen molar-refractivity contribution in [2.75, 3.05) is 6.61 Å². The van der Waals surface area contributed by atoms with Crippen LogP contribution in [-0.4, -0.2) is 18.8 Å². The molecule has 1 heterocycles. The van der Waals surface area contributed by atoms with Crippen molar-refractivity contribution in [1.82, 2.24) is 0 Å². The van der Waals surface area contributed by atoms with Gasteiger partial charge in [0.15, 0.2) is 0 Å². The second-order valence-electron chi connectivity index (χ2n) is 5.65. The minimum absolute atomic E-state index is 0.130. The summed E-state index contributed by atoms with van der Waals surface area (Å²) in [6.45, 7) is 7.39. The van der Waals surface area contributed by atoms with Crippen LogP contribution in [0.15, 0.2) is 12.1 Å². The first-order valence-corrected chi connectivity index (χ1v) is 7.02. The summed E-state index contributed by atoms with van der Waals surface area (Å²) >= 11 is 0. The number of benzene rings is 1. The molecule has 0 spiro atoms. The van der Waals surface area contributed by atoms with Gasteiger partial charge >= 0.3 is 0 Å².